The van der Waals surface area contributed by atoms with Gasteiger partial charge in [-0.05, 0) is 57.1 Å². The van der Waals surface area contributed by atoms with Gasteiger partial charge in [0.15, 0.2) is 0 Å². The maximum Gasteiger partial charge on any atom is 0.119 e. The van der Waals surface area contributed by atoms with E-state index in [1.165, 1.54) is 5.56 Å². The molecule has 6 nitrogen and oxygen atoms in total. The lowest BCUT2D eigenvalue weighted by Gasteiger charge is -2.33. The van der Waals surface area contributed by atoms with Gasteiger partial charge in [-0.25, -0.2) is 0 Å². The van der Waals surface area contributed by atoms with Crippen LogP contribution in [0.3, 0.4) is 0 Å². The van der Waals surface area contributed by atoms with E-state index in [9.17, 15) is 10.2 Å². The van der Waals surface area contributed by atoms with E-state index >= 15 is 0 Å². The van der Waals surface area contributed by atoms with E-state index in [0.29, 0.717) is 25.7 Å². The van der Waals surface area contributed by atoms with Crippen molar-refractivity contribution in [1.29, 1.82) is 0 Å². The number of rotatable bonds is 11. The molecular formula is C24H34N2O4. The molecule has 1 aliphatic heterocycles. The van der Waals surface area contributed by atoms with E-state index in [-0.39, 0.29) is 6.61 Å². The molecular weight excluding hydrogens is 380 g/mol. The van der Waals surface area contributed by atoms with E-state index < -0.39 is 12.2 Å². The van der Waals surface area contributed by atoms with Gasteiger partial charge in [0.25, 0.3) is 0 Å². The van der Waals surface area contributed by atoms with Crippen molar-refractivity contribution in [2.75, 3.05) is 39.4 Å². The Labute approximate surface area is 179 Å². The number of nitrogens with zero attached hydrogens (tertiary/aromatic N) is 1. The summed E-state index contributed by atoms with van der Waals surface area (Å²) in [7, 11) is 0. The Hall–Kier alpha value is -2.12. The molecule has 1 fully saturated rings. The number of hydrogen-bond donors (Lipinski definition) is 3. The molecule has 0 radical (unpaired) electrons. The molecule has 2 aromatic carbocycles. The van der Waals surface area contributed by atoms with Crippen molar-refractivity contribution >= 4 is 0 Å². The van der Waals surface area contributed by atoms with E-state index in [1.807, 2.05) is 61.5 Å². The van der Waals surface area contributed by atoms with Crippen LogP contribution in [0.1, 0.15) is 18.4 Å². The highest BCUT2D eigenvalue weighted by Crippen LogP contribution is 2.14. The van der Waals surface area contributed by atoms with Crippen molar-refractivity contribution in [1.82, 2.24) is 10.2 Å². The number of aliphatic hydroxyl groups is 2. The Kier molecular flexibility index (Phi) is 8.96. The third-order valence-corrected chi connectivity index (χ3v) is 5.35. The molecule has 0 spiro atoms. The van der Waals surface area contributed by atoms with Gasteiger partial charge in [0.05, 0.1) is 0 Å². The first kappa shape index (κ1) is 22.6. The van der Waals surface area contributed by atoms with Crippen LogP contribution in [0.2, 0.25) is 0 Å². The SMILES string of the molecule is Cc1ccc(OCC(O)CN2CCC(NCC(O)COc3ccccc3)CC2)cc1. The number of ether oxygens (including phenoxy) is 2. The van der Waals surface area contributed by atoms with Crippen LogP contribution in [0.15, 0.2) is 54.6 Å². The van der Waals surface area contributed by atoms with Crippen LogP contribution < -0.4 is 14.8 Å². The lowest BCUT2D eigenvalue weighted by atomic mass is 10.0. The summed E-state index contributed by atoms with van der Waals surface area (Å²) < 4.78 is 11.3. The Morgan fingerprint density at radius 1 is 0.900 bits per heavy atom. The molecule has 3 N–H and O–H groups in total. The molecule has 1 aliphatic rings. The Morgan fingerprint density at radius 3 is 2.17 bits per heavy atom. The molecule has 0 amide bonds. The Bertz CT molecular complexity index is 718. The molecule has 2 atom stereocenters. The third-order valence-electron chi connectivity index (χ3n) is 5.35. The van der Waals surface area contributed by atoms with Crippen LogP contribution in [0.25, 0.3) is 0 Å². The lowest BCUT2D eigenvalue weighted by Crippen LogP contribution is -2.47. The molecule has 2 unspecified atom stereocenters. The van der Waals surface area contributed by atoms with Gasteiger partial charge in [-0.2, -0.15) is 0 Å². The fourth-order valence-corrected chi connectivity index (χ4v) is 3.57. The number of nitrogens with one attached hydrogen (secondary N) is 1. The van der Waals surface area contributed by atoms with Gasteiger partial charge in [0.1, 0.15) is 36.9 Å². The van der Waals surface area contributed by atoms with Gasteiger partial charge in [0, 0.05) is 19.1 Å². The quantitative estimate of drug-likeness (QED) is 0.524. The summed E-state index contributed by atoms with van der Waals surface area (Å²) in [6.07, 6.45) is 0.951. The highest BCUT2D eigenvalue weighted by atomic mass is 16.5. The average molecular weight is 415 g/mol. The lowest BCUT2D eigenvalue weighted by molar-refractivity contribution is 0.0556. The van der Waals surface area contributed by atoms with Crippen molar-refractivity contribution in [3.8, 4) is 11.5 Å². The first-order valence-electron chi connectivity index (χ1n) is 10.8. The zero-order valence-corrected chi connectivity index (χ0v) is 17.7. The van der Waals surface area contributed by atoms with E-state index in [2.05, 4.69) is 10.2 Å². The largest absolute Gasteiger partial charge is 0.491 e. The third kappa shape index (κ3) is 7.95. The maximum absolute atomic E-state index is 10.3. The van der Waals surface area contributed by atoms with Crippen LogP contribution in [0.5, 0.6) is 11.5 Å². The number of piperidine rings is 1. The number of benzene rings is 2. The van der Waals surface area contributed by atoms with E-state index in [0.717, 1.165) is 37.4 Å². The Morgan fingerprint density at radius 2 is 1.50 bits per heavy atom. The smallest absolute Gasteiger partial charge is 0.119 e. The molecule has 3 rings (SSSR count). The standard InChI is InChI=1S/C24H34N2O4/c1-19-7-9-24(10-8-19)30-18-22(28)16-26-13-11-20(12-14-26)25-15-21(27)17-29-23-5-3-2-4-6-23/h2-10,20-22,25,27-28H,11-18H2,1H3. The highest BCUT2D eigenvalue weighted by molar-refractivity contribution is 5.26. The molecule has 0 saturated carbocycles. The van der Waals surface area contributed by atoms with E-state index in [4.69, 9.17) is 9.47 Å². The number of aliphatic hydroxyl groups excluding tert-OH is 2. The molecule has 2 aromatic rings. The van der Waals surface area contributed by atoms with Crippen LogP contribution in [0.4, 0.5) is 0 Å². The second-order valence-electron chi connectivity index (χ2n) is 8.04. The monoisotopic (exact) mass is 414 g/mol. The molecule has 0 aliphatic carbocycles. The molecule has 1 saturated heterocycles. The fraction of sp³-hybridized carbons (Fsp3) is 0.500. The summed E-state index contributed by atoms with van der Waals surface area (Å²) in [4.78, 5) is 2.27. The van der Waals surface area contributed by atoms with Gasteiger partial charge in [0.2, 0.25) is 0 Å². The van der Waals surface area contributed by atoms with Crippen LogP contribution in [0, 0.1) is 6.92 Å². The van der Waals surface area contributed by atoms with Gasteiger partial charge in [-0.1, -0.05) is 35.9 Å². The zero-order chi connectivity index (χ0) is 21.2. The number of aryl methyl sites for hydroxylation is 1. The summed E-state index contributed by atoms with van der Waals surface area (Å²) in [5.41, 5.74) is 1.19. The summed E-state index contributed by atoms with van der Waals surface area (Å²) in [6, 6.07) is 17.8. The highest BCUT2D eigenvalue weighted by Gasteiger charge is 2.21. The first-order chi connectivity index (χ1) is 14.6. The summed E-state index contributed by atoms with van der Waals surface area (Å²) in [5, 5.41) is 23.9. The number of likely N-dealkylation sites (tertiary alicyclic amines) is 1. The van der Waals surface area contributed by atoms with Crippen molar-refractivity contribution in [2.24, 2.45) is 0 Å². The number of para-hydroxylation sites is 1. The minimum Gasteiger partial charge on any atom is -0.491 e. The van der Waals surface area contributed by atoms with Crippen molar-refractivity contribution in [3.63, 3.8) is 0 Å². The van der Waals surface area contributed by atoms with Gasteiger partial charge < -0.3 is 29.9 Å². The minimum absolute atomic E-state index is 0.281. The Balaban J connectivity index is 1.26. The maximum atomic E-state index is 10.3. The first-order valence-corrected chi connectivity index (χ1v) is 10.8. The predicted molar refractivity (Wildman–Crippen MR) is 118 cm³/mol. The van der Waals surface area contributed by atoms with Gasteiger partial charge in [-0.3, -0.25) is 0 Å². The molecule has 30 heavy (non-hydrogen) atoms. The van der Waals surface area contributed by atoms with Crippen molar-refractivity contribution in [2.45, 2.75) is 38.0 Å². The normalized spacial score (nSPS) is 17.4. The topological polar surface area (TPSA) is 74.2 Å². The van der Waals surface area contributed by atoms with Gasteiger partial charge >= 0.3 is 0 Å². The molecule has 164 valence electrons. The molecule has 0 bridgehead atoms. The predicted octanol–water partition coefficient (Wildman–Crippen LogP) is 2.23. The van der Waals surface area contributed by atoms with Crippen molar-refractivity contribution in [3.05, 3.63) is 60.2 Å². The van der Waals surface area contributed by atoms with Crippen LogP contribution in [-0.4, -0.2) is 72.8 Å². The van der Waals surface area contributed by atoms with Crippen LogP contribution in [-0.2, 0) is 0 Å². The zero-order valence-electron chi connectivity index (χ0n) is 17.7. The number of hydrogen-bond acceptors (Lipinski definition) is 6. The second kappa shape index (κ2) is 11.9. The fourth-order valence-electron chi connectivity index (χ4n) is 3.57. The second-order valence-corrected chi connectivity index (χ2v) is 8.04. The summed E-state index contributed by atoms with van der Waals surface area (Å²) in [5.74, 6) is 1.56. The van der Waals surface area contributed by atoms with Crippen molar-refractivity contribution < 1.29 is 19.7 Å². The summed E-state index contributed by atoms with van der Waals surface area (Å²) >= 11 is 0. The summed E-state index contributed by atoms with van der Waals surface area (Å²) in [6.45, 7) is 5.61. The average Bonchev–Trinajstić information content (AvgIpc) is 2.77. The number of β-amino-alcohol motifs (C(OH)–C–C–N with tert-alkyl or cyclic N) is 1. The molecule has 6 heteroatoms. The minimum atomic E-state index is -0.538. The van der Waals surface area contributed by atoms with Gasteiger partial charge in [-0.15, -0.1) is 0 Å². The van der Waals surface area contributed by atoms with Crippen LogP contribution >= 0.6 is 0 Å². The van der Waals surface area contributed by atoms with E-state index in [1.54, 1.807) is 0 Å². The molecule has 1 heterocycles. The molecule has 0 aromatic heterocycles.